The molecule has 0 saturated heterocycles. The predicted octanol–water partition coefficient (Wildman–Crippen LogP) is 5.53. The first-order valence-electron chi connectivity index (χ1n) is 12.1. The van der Waals surface area contributed by atoms with E-state index in [0.717, 1.165) is 37.8 Å². The Morgan fingerprint density at radius 1 is 1.17 bits per heavy atom. The molecule has 0 radical (unpaired) electrons. The minimum Gasteiger partial charge on any atom is -0.507 e. The fourth-order valence-electron chi connectivity index (χ4n) is 4.43. The molecule has 0 bridgehead atoms. The minimum absolute atomic E-state index is 0.0334. The van der Waals surface area contributed by atoms with Gasteiger partial charge in [0, 0.05) is 29.3 Å². The van der Waals surface area contributed by atoms with Gasteiger partial charge in [0.2, 0.25) is 0 Å². The molecule has 1 aromatic heterocycles. The van der Waals surface area contributed by atoms with E-state index in [1.54, 1.807) is 36.4 Å². The SMILES string of the molecule is CCC(C)NC(=O)n1nc(-c2ccc(NC(=O)c3ccccc3OC)cc2O)cc1C1CCCC1. The van der Waals surface area contributed by atoms with E-state index in [-0.39, 0.29) is 29.6 Å². The molecule has 3 aromatic rings. The second-order valence-corrected chi connectivity index (χ2v) is 8.99. The van der Waals surface area contributed by atoms with Gasteiger partial charge < -0.3 is 20.5 Å². The number of phenolic OH excluding ortho intramolecular Hbond substituents is 1. The Hall–Kier alpha value is -3.81. The zero-order valence-corrected chi connectivity index (χ0v) is 20.4. The third-order valence-electron chi connectivity index (χ3n) is 6.57. The van der Waals surface area contributed by atoms with Crippen LogP contribution in [0.5, 0.6) is 11.5 Å². The highest BCUT2D eigenvalue weighted by molar-refractivity contribution is 6.06. The maximum absolute atomic E-state index is 13.0. The molecule has 1 atom stereocenters. The lowest BCUT2D eigenvalue weighted by Gasteiger charge is -2.15. The number of nitrogens with zero attached hydrogens (tertiary/aromatic N) is 2. The molecule has 1 unspecified atom stereocenters. The van der Waals surface area contributed by atoms with Crippen molar-refractivity contribution in [2.45, 2.75) is 57.9 Å². The molecule has 1 fully saturated rings. The van der Waals surface area contributed by atoms with Gasteiger partial charge >= 0.3 is 6.03 Å². The Kier molecular flexibility index (Phi) is 7.39. The second kappa shape index (κ2) is 10.6. The molecule has 35 heavy (non-hydrogen) atoms. The Bertz CT molecular complexity index is 1210. The first-order valence-corrected chi connectivity index (χ1v) is 12.1. The number of hydrogen-bond donors (Lipinski definition) is 3. The third-order valence-corrected chi connectivity index (χ3v) is 6.57. The van der Waals surface area contributed by atoms with E-state index in [9.17, 15) is 14.7 Å². The predicted molar refractivity (Wildman–Crippen MR) is 135 cm³/mol. The Morgan fingerprint density at radius 3 is 2.60 bits per heavy atom. The molecule has 1 heterocycles. The van der Waals surface area contributed by atoms with Gasteiger partial charge in [0.1, 0.15) is 11.5 Å². The lowest BCUT2D eigenvalue weighted by atomic mass is 10.0. The first kappa shape index (κ1) is 24.3. The lowest BCUT2D eigenvalue weighted by molar-refractivity contribution is 0.102. The number of carbonyl (C=O) groups is 2. The normalized spacial score (nSPS) is 14.5. The van der Waals surface area contributed by atoms with E-state index < -0.39 is 0 Å². The topological polar surface area (TPSA) is 105 Å². The zero-order valence-electron chi connectivity index (χ0n) is 20.4. The number of amides is 2. The van der Waals surface area contributed by atoms with Crippen molar-refractivity contribution in [1.82, 2.24) is 15.1 Å². The molecule has 1 aliphatic rings. The molecule has 3 N–H and O–H groups in total. The maximum Gasteiger partial charge on any atom is 0.342 e. The molecule has 0 spiro atoms. The molecule has 4 rings (SSSR count). The number of nitrogens with one attached hydrogen (secondary N) is 2. The lowest BCUT2D eigenvalue weighted by Crippen LogP contribution is -2.37. The molecular weight excluding hydrogens is 444 g/mol. The first-order chi connectivity index (χ1) is 16.9. The van der Waals surface area contributed by atoms with Gasteiger partial charge in [0.05, 0.1) is 24.1 Å². The van der Waals surface area contributed by atoms with Gasteiger partial charge in [0.25, 0.3) is 5.91 Å². The van der Waals surface area contributed by atoms with Gasteiger partial charge in [-0.05, 0) is 56.5 Å². The summed E-state index contributed by atoms with van der Waals surface area (Å²) in [7, 11) is 1.51. The van der Waals surface area contributed by atoms with Crippen LogP contribution in [0.25, 0.3) is 11.3 Å². The highest BCUT2D eigenvalue weighted by Gasteiger charge is 2.26. The van der Waals surface area contributed by atoms with Crippen LogP contribution in [0.15, 0.2) is 48.5 Å². The minimum atomic E-state index is -0.343. The van der Waals surface area contributed by atoms with Crippen LogP contribution >= 0.6 is 0 Å². The van der Waals surface area contributed by atoms with E-state index in [1.807, 2.05) is 19.9 Å². The summed E-state index contributed by atoms with van der Waals surface area (Å²) in [6.45, 7) is 3.98. The van der Waals surface area contributed by atoms with Crippen molar-refractivity contribution < 1.29 is 19.4 Å². The summed E-state index contributed by atoms with van der Waals surface area (Å²) in [4.78, 5) is 25.7. The molecule has 8 heteroatoms. The second-order valence-electron chi connectivity index (χ2n) is 8.99. The number of aromatic nitrogens is 2. The Balaban J connectivity index is 1.60. The maximum atomic E-state index is 13.0. The van der Waals surface area contributed by atoms with Gasteiger partial charge in [-0.25, -0.2) is 4.79 Å². The zero-order chi connectivity index (χ0) is 24.9. The van der Waals surface area contributed by atoms with Crippen LogP contribution in [0.1, 0.15) is 67.9 Å². The third kappa shape index (κ3) is 5.31. The van der Waals surface area contributed by atoms with Crippen molar-refractivity contribution >= 4 is 17.6 Å². The van der Waals surface area contributed by atoms with Crippen LogP contribution in [-0.2, 0) is 0 Å². The summed E-state index contributed by atoms with van der Waals surface area (Å²) in [5, 5.41) is 21.1. The van der Waals surface area contributed by atoms with Crippen LogP contribution in [0.4, 0.5) is 10.5 Å². The highest BCUT2D eigenvalue weighted by atomic mass is 16.5. The number of anilines is 1. The Labute approximate surface area is 205 Å². The van der Waals surface area contributed by atoms with Crippen LogP contribution < -0.4 is 15.4 Å². The van der Waals surface area contributed by atoms with Crippen LogP contribution in [0.2, 0.25) is 0 Å². The largest absolute Gasteiger partial charge is 0.507 e. The summed E-state index contributed by atoms with van der Waals surface area (Å²) < 4.78 is 6.71. The van der Waals surface area contributed by atoms with E-state index in [4.69, 9.17) is 4.74 Å². The molecule has 0 aliphatic heterocycles. The van der Waals surface area contributed by atoms with E-state index in [1.165, 1.54) is 17.9 Å². The summed E-state index contributed by atoms with van der Waals surface area (Å²) in [5.41, 5.74) is 2.71. The Morgan fingerprint density at radius 2 is 1.91 bits per heavy atom. The molecule has 184 valence electrons. The smallest absolute Gasteiger partial charge is 0.342 e. The highest BCUT2D eigenvalue weighted by Crippen LogP contribution is 2.38. The number of aromatic hydroxyl groups is 1. The van der Waals surface area contributed by atoms with Gasteiger partial charge in [-0.1, -0.05) is 31.9 Å². The average molecular weight is 477 g/mol. The fraction of sp³-hybridized carbons (Fsp3) is 0.370. The van der Waals surface area contributed by atoms with Gasteiger partial charge in [-0.2, -0.15) is 9.78 Å². The standard InChI is InChI=1S/C27H32N4O4/c1-4-17(2)28-27(34)31-23(18-9-5-6-10-18)16-22(30-31)20-14-13-19(15-24(20)32)29-26(33)21-11-7-8-12-25(21)35-3/h7-8,11-18,32H,4-6,9-10H2,1-3H3,(H,28,34)(H,29,33). The molecular formula is C27H32N4O4. The number of carbonyl (C=O) groups excluding carboxylic acids is 2. The molecule has 8 nitrogen and oxygen atoms in total. The van der Waals surface area contributed by atoms with E-state index in [0.29, 0.717) is 28.3 Å². The monoisotopic (exact) mass is 476 g/mol. The van der Waals surface area contributed by atoms with Crippen LogP contribution in [0, 0.1) is 0 Å². The van der Waals surface area contributed by atoms with Crippen molar-refractivity contribution in [3.8, 4) is 22.8 Å². The van der Waals surface area contributed by atoms with Crippen molar-refractivity contribution in [3.05, 3.63) is 59.8 Å². The van der Waals surface area contributed by atoms with Crippen molar-refractivity contribution in [2.24, 2.45) is 0 Å². The summed E-state index contributed by atoms with van der Waals surface area (Å²) in [6, 6.07) is 13.5. The van der Waals surface area contributed by atoms with Gasteiger partial charge in [0.15, 0.2) is 0 Å². The fourth-order valence-corrected chi connectivity index (χ4v) is 4.43. The van der Waals surface area contributed by atoms with E-state index >= 15 is 0 Å². The van der Waals surface area contributed by atoms with Crippen LogP contribution in [-0.4, -0.2) is 40.0 Å². The molecule has 1 aliphatic carbocycles. The molecule has 2 aromatic carbocycles. The average Bonchev–Trinajstić information content (AvgIpc) is 3.54. The van der Waals surface area contributed by atoms with Crippen molar-refractivity contribution in [3.63, 3.8) is 0 Å². The summed E-state index contributed by atoms with van der Waals surface area (Å²) in [5.74, 6) is 0.351. The number of hydrogen-bond acceptors (Lipinski definition) is 5. The number of para-hydroxylation sites is 1. The van der Waals surface area contributed by atoms with Gasteiger partial charge in [-0.3, -0.25) is 4.79 Å². The number of rotatable bonds is 7. The van der Waals surface area contributed by atoms with Crippen molar-refractivity contribution in [1.29, 1.82) is 0 Å². The van der Waals surface area contributed by atoms with E-state index in [2.05, 4.69) is 15.7 Å². The summed E-state index contributed by atoms with van der Waals surface area (Å²) >= 11 is 0. The number of methoxy groups -OCH3 is 1. The number of benzene rings is 2. The van der Waals surface area contributed by atoms with Gasteiger partial charge in [-0.15, -0.1) is 0 Å². The van der Waals surface area contributed by atoms with Crippen molar-refractivity contribution in [2.75, 3.05) is 12.4 Å². The summed E-state index contributed by atoms with van der Waals surface area (Å²) in [6.07, 6.45) is 5.11. The number of ether oxygens (including phenoxy) is 1. The molecule has 2 amide bonds. The molecule has 1 saturated carbocycles. The number of phenols is 1. The van der Waals surface area contributed by atoms with Crippen LogP contribution in [0.3, 0.4) is 0 Å². The quantitative estimate of drug-likeness (QED) is 0.416.